The van der Waals surface area contributed by atoms with Gasteiger partial charge in [-0.05, 0) is 66.8 Å². The van der Waals surface area contributed by atoms with Crippen molar-refractivity contribution in [2.45, 2.75) is 25.2 Å². The van der Waals surface area contributed by atoms with E-state index in [0.29, 0.717) is 5.92 Å². The minimum absolute atomic E-state index is 0.000000798. The molecule has 0 aromatic heterocycles. The number of rotatable bonds is 6. The monoisotopic (exact) mass is 350 g/mol. The Balaban J connectivity index is 1.16. The van der Waals surface area contributed by atoms with Crippen molar-refractivity contribution in [3.05, 3.63) is 60.2 Å². The van der Waals surface area contributed by atoms with Gasteiger partial charge in [-0.25, -0.2) is 4.79 Å². The third kappa shape index (κ3) is 3.85. The first kappa shape index (κ1) is 17.0. The summed E-state index contributed by atoms with van der Waals surface area (Å²) in [6.45, 7) is 1.76. The maximum atomic E-state index is 12.3. The van der Waals surface area contributed by atoms with Crippen molar-refractivity contribution < 1.29 is 9.53 Å². The highest BCUT2D eigenvalue weighted by atomic mass is 16.5. The van der Waals surface area contributed by atoms with E-state index in [1.807, 2.05) is 29.2 Å². The summed E-state index contributed by atoms with van der Waals surface area (Å²) in [6, 6.07) is 18.3. The predicted molar refractivity (Wildman–Crippen MR) is 104 cm³/mol. The number of carbonyl (C=O) groups is 1. The van der Waals surface area contributed by atoms with Gasteiger partial charge >= 0.3 is 6.03 Å². The molecule has 136 valence electrons. The number of carbonyl (C=O) groups excluding carboxylic acids is 1. The molecule has 4 nitrogen and oxygen atoms in total. The zero-order valence-electron chi connectivity index (χ0n) is 15.2. The van der Waals surface area contributed by atoms with Gasteiger partial charge in [0.25, 0.3) is 0 Å². The lowest BCUT2D eigenvalue weighted by Crippen LogP contribution is -2.51. The van der Waals surface area contributed by atoms with Gasteiger partial charge in [-0.1, -0.05) is 30.3 Å². The number of likely N-dealkylation sites (tertiary alicyclic amines) is 1. The number of methoxy groups -OCH3 is 1. The lowest BCUT2D eigenvalue weighted by Gasteiger charge is -2.39. The van der Waals surface area contributed by atoms with E-state index in [0.717, 1.165) is 36.4 Å². The summed E-state index contributed by atoms with van der Waals surface area (Å²) in [6.07, 6.45) is 3.86. The summed E-state index contributed by atoms with van der Waals surface area (Å²) in [4.78, 5) is 14.2. The molecule has 4 rings (SSSR count). The van der Waals surface area contributed by atoms with Crippen molar-refractivity contribution >= 4 is 11.7 Å². The quantitative estimate of drug-likeness (QED) is 0.817. The number of anilines is 1. The number of nitrogens with zero attached hydrogens (tertiary/aromatic N) is 1. The topological polar surface area (TPSA) is 41.6 Å². The van der Waals surface area contributed by atoms with Crippen molar-refractivity contribution in [1.29, 1.82) is 0 Å². The SMILES string of the molecule is COc1ccc(NC(=O)N2CC(CCC3CC3c3ccccc3)C2)cc1. The number of nitrogens with one attached hydrogen (secondary N) is 1. The van der Waals surface area contributed by atoms with Crippen LogP contribution >= 0.6 is 0 Å². The fourth-order valence-electron chi connectivity index (χ4n) is 3.92. The van der Waals surface area contributed by atoms with E-state index >= 15 is 0 Å². The van der Waals surface area contributed by atoms with Crippen LogP contribution < -0.4 is 10.1 Å². The Kier molecular flexibility index (Phi) is 4.83. The maximum Gasteiger partial charge on any atom is 0.321 e. The molecule has 1 saturated carbocycles. The summed E-state index contributed by atoms with van der Waals surface area (Å²) >= 11 is 0. The molecule has 4 heteroatoms. The molecule has 2 aliphatic rings. The van der Waals surface area contributed by atoms with Crippen LogP contribution in [0.4, 0.5) is 10.5 Å². The summed E-state index contributed by atoms with van der Waals surface area (Å²) in [5.74, 6) is 3.07. The maximum absolute atomic E-state index is 12.3. The van der Waals surface area contributed by atoms with Crippen LogP contribution in [-0.2, 0) is 0 Å². The van der Waals surface area contributed by atoms with Crippen LogP contribution in [0.3, 0.4) is 0 Å². The Morgan fingerprint density at radius 1 is 1.08 bits per heavy atom. The molecule has 2 unspecified atom stereocenters. The smallest absolute Gasteiger partial charge is 0.321 e. The first-order valence-electron chi connectivity index (χ1n) is 9.48. The van der Waals surface area contributed by atoms with Gasteiger partial charge in [0.15, 0.2) is 0 Å². The number of hydrogen-bond donors (Lipinski definition) is 1. The molecule has 2 fully saturated rings. The van der Waals surface area contributed by atoms with E-state index in [-0.39, 0.29) is 6.03 Å². The lowest BCUT2D eigenvalue weighted by molar-refractivity contribution is 0.123. The second kappa shape index (κ2) is 7.40. The van der Waals surface area contributed by atoms with Gasteiger partial charge in [-0.15, -0.1) is 0 Å². The van der Waals surface area contributed by atoms with E-state index in [1.54, 1.807) is 7.11 Å². The van der Waals surface area contributed by atoms with Crippen molar-refractivity contribution in [3.8, 4) is 5.75 Å². The molecule has 1 aliphatic heterocycles. The standard InChI is InChI=1S/C22H26N2O2/c1-26-20-11-9-19(10-12-20)23-22(25)24-14-16(15-24)7-8-18-13-21(18)17-5-3-2-4-6-17/h2-6,9-12,16,18,21H,7-8,13-15H2,1H3,(H,23,25). The highest BCUT2D eigenvalue weighted by Gasteiger charge is 2.39. The normalized spacial score (nSPS) is 21.8. The highest BCUT2D eigenvalue weighted by molar-refractivity contribution is 5.89. The molecular formula is C22H26N2O2. The summed E-state index contributed by atoms with van der Waals surface area (Å²) in [7, 11) is 1.64. The zero-order valence-corrected chi connectivity index (χ0v) is 15.2. The number of ether oxygens (including phenoxy) is 1. The molecule has 2 aromatic rings. The first-order valence-corrected chi connectivity index (χ1v) is 9.48. The second-order valence-corrected chi connectivity index (χ2v) is 7.52. The average Bonchev–Trinajstić information content (AvgIpc) is 3.41. The molecular weight excluding hydrogens is 324 g/mol. The molecule has 2 amide bonds. The lowest BCUT2D eigenvalue weighted by atomic mass is 9.93. The molecule has 0 spiro atoms. The largest absolute Gasteiger partial charge is 0.497 e. The van der Waals surface area contributed by atoms with Gasteiger partial charge in [-0.3, -0.25) is 0 Å². The third-order valence-electron chi connectivity index (χ3n) is 5.68. The molecule has 1 heterocycles. The molecule has 0 radical (unpaired) electrons. The Morgan fingerprint density at radius 3 is 2.50 bits per heavy atom. The van der Waals surface area contributed by atoms with Crippen molar-refractivity contribution in [3.63, 3.8) is 0 Å². The van der Waals surface area contributed by atoms with E-state index < -0.39 is 0 Å². The minimum atomic E-state index is 0.000000798. The Labute approximate surface area is 155 Å². The van der Waals surface area contributed by atoms with Gasteiger partial charge in [-0.2, -0.15) is 0 Å². The summed E-state index contributed by atoms with van der Waals surface area (Å²) in [5.41, 5.74) is 2.30. The first-order chi connectivity index (χ1) is 12.7. The Bertz CT molecular complexity index is 738. The van der Waals surface area contributed by atoms with Crippen LogP contribution in [0.25, 0.3) is 0 Å². The van der Waals surface area contributed by atoms with Gasteiger partial charge < -0.3 is 15.0 Å². The molecule has 26 heavy (non-hydrogen) atoms. The number of benzene rings is 2. The molecule has 0 bridgehead atoms. The van der Waals surface area contributed by atoms with Crippen LogP contribution in [0.1, 0.15) is 30.7 Å². The summed E-state index contributed by atoms with van der Waals surface area (Å²) in [5, 5.41) is 2.95. The molecule has 1 aliphatic carbocycles. The fourth-order valence-corrected chi connectivity index (χ4v) is 3.92. The van der Waals surface area contributed by atoms with Crippen molar-refractivity contribution in [1.82, 2.24) is 4.90 Å². The average molecular weight is 350 g/mol. The van der Waals surface area contributed by atoms with Gasteiger partial charge in [0, 0.05) is 18.8 Å². The number of amides is 2. The number of urea groups is 1. The van der Waals surface area contributed by atoms with Crippen LogP contribution in [0.2, 0.25) is 0 Å². The van der Waals surface area contributed by atoms with E-state index in [1.165, 1.54) is 24.8 Å². The molecule has 2 aromatic carbocycles. The Morgan fingerprint density at radius 2 is 1.81 bits per heavy atom. The highest BCUT2D eigenvalue weighted by Crippen LogP contribution is 2.50. The molecule has 1 N–H and O–H groups in total. The fraction of sp³-hybridized carbons (Fsp3) is 0.409. The van der Waals surface area contributed by atoms with E-state index in [4.69, 9.17) is 4.74 Å². The molecule has 2 atom stereocenters. The zero-order chi connectivity index (χ0) is 17.9. The van der Waals surface area contributed by atoms with Gasteiger partial charge in [0.1, 0.15) is 5.75 Å². The summed E-state index contributed by atoms with van der Waals surface area (Å²) < 4.78 is 5.13. The van der Waals surface area contributed by atoms with Crippen LogP contribution in [0.15, 0.2) is 54.6 Å². The van der Waals surface area contributed by atoms with Crippen LogP contribution in [-0.4, -0.2) is 31.1 Å². The second-order valence-electron chi connectivity index (χ2n) is 7.52. The van der Waals surface area contributed by atoms with E-state index in [9.17, 15) is 4.79 Å². The van der Waals surface area contributed by atoms with E-state index in [2.05, 4.69) is 35.6 Å². The van der Waals surface area contributed by atoms with Crippen molar-refractivity contribution in [2.75, 3.05) is 25.5 Å². The Hall–Kier alpha value is -2.49. The van der Waals surface area contributed by atoms with Crippen molar-refractivity contribution in [2.24, 2.45) is 11.8 Å². The number of hydrogen-bond acceptors (Lipinski definition) is 2. The predicted octanol–water partition coefficient (Wildman–Crippen LogP) is 4.74. The molecule has 1 saturated heterocycles. The minimum Gasteiger partial charge on any atom is -0.497 e. The van der Waals surface area contributed by atoms with Gasteiger partial charge in [0.05, 0.1) is 7.11 Å². The van der Waals surface area contributed by atoms with Crippen LogP contribution in [0, 0.1) is 11.8 Å². The van der Waals surface area contributed by atoms with Gasteiger partial charge in [0.2, 0.25) is 0 Å². The third-order valence-corrected chi connectivity index (χ3v) is 5.68. The van der Waals surface area contributed by atoms with Crippen LogP contribution in [0.5, 0.6) is 5.75 Å².